The van der Waals surface area contributed by atoms with Crippen LogP contribution in [0.2, 0.25) is 0 Å². The number of aromatic hydroxyl groups is 1. The number of hydrogen-bond donors (Lipinski definition) is 2. The van der Waals surface area contributed by atoms with Crippen LogP contribution < -0.4 is 5.73 Å². The molecule has 2 nitrogen and oxygen atoms in total. The van der Waals surface area contributed by atoms with Crippen LogP contribution in [0, 0.1) is 12.7 Å². The summed E-state index contributed by atoms with van der Waals surface area (Å²) in [5, 5.41) is 9.75. The minimum Gasteiger partial charge on any atom is -0.505 e. The van der Waals surface area contributed by atoms with Gasteiger partial charge < -0.3 is 10.8 Å². The van der Waals surface area contributed by atoms with Crippen molar-refractivity contribution < 1.29 is 9.50 Å². The Balaban J connectivity index is 2.64. The van der Waals surface area contributed by atoms with Crippen LogP contribution in [0.5, 0.6) is 5.75 Å². The lowest BCUT2D eigenvalue weighted by Gasteiger charge is -2.18. The number of phenolic OH excluding ortho intramolecular Hbond substituents is 1. The first-order chi connectivity index (χ1) is 7.02. The Kier molecular flexibility index (Phi) is 2.51. The molecule has 15 heavy (non-hydrogen) atoms. The van der Waals surface area contributed by atoms with Gasteiger partial charge in [-0.05, 0) is 31.4 Å². The smallest absolute Gasteiger partial charge is 0.165 e. The van der Waals surface area contributed by atoms with Crippen molar-refractivity contribution in [3.05, 3.63) is 27.5 Å². The number of benzene rings is 1. The minimum atomic E-state index is -0.564. The van der Waals surface area contributed by atoms with Gasteiger partial charge in [-0.25, -0.2) is 4.39 Å². The van der Waals surface area contributed by atoms with E-state index in [-0.39, 0.29) is 11.2 Å². The van der Waals surface area contributed by atoms with Crippen LogP contribution in [0.1, 0.15) is 24.0 Å². The summed E-state index contributed by atoms with van der Waals surface area (Å²) in [6.45, 7) is 2.25. The molecule has 2 rings (SSSR count). The van der Waals surface area contributed by atoms with Crippen LogP contribution in [0.3, 0.4) is 0 Å². The van der Waals surface area contributed by atoms with Gasteiger partial charge in [-0.1, -0.05) is 15.9 Å². The average molecular weight is 274 g/mol. The molecule has 0 unspecified atom stereocenters. The fourth-order valence-electron chi connectivity index (χ4n) is 1.93. The molecule has 1 fully saturated rings. The topological polar surface area (TPSA) is 46.2 Å². The maximum atomic E-state index is 13.4. The molecule has 1 aliphatic rings. The average Bonchev–Trinajstić information content (AvgIpc) is 2.96. The second kappa shape index (κ2) is 3.46. The summed E-state index contributed by atoms with van der Waals surface area (Å²) in [4.78, 5) is 0. The van der Waals surface area contributed by atoms with Crippen molar-refractivity contribution in [2.24, 2.45) is 5.73 Å². The van der Waals surface area contributed by atoms with Gasteiger partial charge in [0.15, 0.2) is 11.6 Å². The normalized spacial score (nSPS) is 17.9. The van der Waals surface area contributed by atoms with E-state index in [1.54, 1.807) is 0 Å². The van der Waals surface area contributed by atoms with Crippen molar-refractivity contribution in [2.75, 3.05) is 6.54 Å². The lowest BCUT2D eigenvalue weighted by atomic mass is 9.93. The number of aryl methyl sites for hydroxylation is 1. The summed E-state index contributed by atoms with van der Waals surface area (Å²) in [5.74, 6) is -0.819. The molecule has 0 aliphatic heterocycles. The molecular formula is C11H13BrFNO. The molecular weight excluding hydrogens is 261 g/mol. The fraction of sp³-hybridized carbons (Fsp3) is 0.455. The first-order valence-corrected chi connectivity index (χ1v) is 5.69. The molecule has 1 saturated carbocycles. The molecule has 0 heterocycles. The van der Waals surface area contributed by atoms with E-state index in [0.29, 0.717) is 12.1 Å². The summed E-state index contributed by atoms with van der Waals surface area (Å²) in [5.41, 5.74) is 6.90. The van der Waals surface area contributed by atoms with Gasteiger partial charge in [0, 0.05) is 22.0 Å². The highest BCUT2D eigenvalue weighted by atomic mass is 79.9. The quantitative estimate of drug-likeness (QED) is 0.870. The molecule has 0 spiro atoms. The predicted molar refractivity (Wildman–Crippen MR) is 60.5 cm³/mol. The largest absolute Gasteiger partial charge is 0.505 e. The number of nitrogens with two attached hydrogens (primary N) is 1. The van der Waals surface area contributed by atoms with Crippen molar-refractivity contribution in [2.45, 2.75) is 25.2 Å². The van der Waals surface area contributed by atoms with E-state index in [4.69, 9.17) is 5.73 Å². The van der Waals surface area contributed by atoms with Crippen molar-refractivity contribution >= 4 is 15.9 Å². The zero-order valence-electron chi connectivity index (χ0n) is 8.48. The van der Waals surface area contributed by atoms with Crippen LogP contribution in [0.15, 0.2) is 10.5 Å². The maximum absolute atomic E-state index is 13.4. The standard InChI is InChI=1S/C11H13BrFNO/c1-6-4-7(13)10(15)8(9(6)12)11(5-14)2-3-11/h4,15H,2-3,5,14H2,1H3. The minimum absolute atomic E-state index is 0.213. The monoisotopic (exact) mass is 273 g/mol. The van der Waals surface area contributed by atoms with Gasteiger partial charge in [0.25, 0.3) is 0 Å². The number of phenols is 1. The first kappa shape index (κ1) is 10.9. The molecule has 1 aliphatic carbocycles. The highest BCUT2D eigenvalue weighted by Crippen LogP contribution is 2.53. The van der Waals surface area contributed by atoms with Gasteiger partial charge in [-0.2, -0.15) is 0 Å². The van der Waals surface area contributed by atoms with Gasteiger partial charge in [0.05, 0.1) is 0 Å². The molecule has 0 amide bonds. The predicted octanol–water partition coefficient (Wildman–Crippen LogP) is 2.59. The summed E-state index contributed by atoms with van der Waals surface area (Å²) >= 11 is 3.40. The molecule has 1 aromatic carbocycles. The van der Waals surface area contributed by atoms with Crippen molar-refractivity contribution in [3.8, 4) is 5.75 Å². The Morgan fingerprint density at radius 3 is 2.67 bits per heavy atom. The number of halogens is 2. The van der Waals surface area contributed by atoms with Crippen molar-refractivity contribution in [1.29, 1.82) is 0 Å². The van der Waals surface area contributed by atoms with Crippen molar-refractivity contribution in [3.63, 3.8) is 0 Å². The molecule has 0 bridgehead atoms. The van der Waals surface area contributed by atoms with E-state index < -0.39 is 5.82 Å². The fourth-order valence-corrected chi connectivity index (χ4v) is 2.66. The number of rotatable bonds is 2. The van der Waals surface area contributed by atoms with Crippen LogP contribution in [-0.2, 0) is 5.41 Å². The molecule has 0 saturated heterocycles. The van der Waals surface area contributed by atoms with E-state index in [1.807, 2.05) is 6.92 Å². The highest BCUT2D eigenvalue weighted by Gasteiger charge is 2.46. The van der Waals surface area contributed by atoms with Crippen LogP contribution in [0.4, 0.5) is 4.39 Å². The third-order valence-corrected chi connectivity index (χ3v) is 4.17. The Hall–Kier alpha value is -0.610. The second-order valence-electron chi connectivity index (χ2n) is 4.20. The van der Waals surface area contributed by atoms with E-state index in [0.717, 1.165) is 22.9 Å². The SMILES string of the molecule is Cc1cc(F)c(O)c(C2(CN)CC2)c1Br. The van der Waals surface area contributed by atoms with Gasteiger partial charge >= 0.3 is 0 Å². The number of hydrogen-bond acceptors (Lipinski definition) is 2. The van der Waals surface area contributed by atoms with E-state index in [9.17, 15) is 9.50 Å². The third kappa shape index (κ3) is 1.56. The molecule has 4 heteroatoms. The van der Waals surface area contributed by atoms with E-state index in [2.05, 4.69) is 15.9 Å². The lowest BCUT2D eigenvalue weighted by molar-refractivity contribution is 0.417. The zero-order valence-corrected chi connectivity index (χ0v) is 10.1. The molecule has 1 aromatic rings. The Bertz CT molecular complexity index is 389. The van der Waals surface area contributed by atoms with Crippen LogP contribution >= 0.6 is 15.9 Å². The molecule has 3 N–H and O–H groups in total. The molecule has 82 valence electrons. The molecule has 0 radical (unpaired) electrons. The Morgan fingerprint density at radius 1 is 1.60 bits per heavy atom. The lowest BCUT2D eigenvalue weighted by Crippen LogP contribution is -2.21. The Labute approximate surface area is 96.4 Å². The highest BCUT2D eigenvalue weighted by molar-refractivity contribution is 9.10. The van der Waals surface area contributed by atoms with E-state index in [1.165, 1.54) is 6.07 Å². The second-order valence-corrected chi connectivity index (χ2v) is 4.99. The maximum Gasteiger partial charge on any atom is 0.165 e. The van der Waals surface area contributed by atoms with Gasteiger partial charge in [-0.3, -0.25) is 0 Å². The van der Waals surface area contributed by atoms with Crippen molar-refractivity contribution in [1.82, 2.24) is 0 Å². The van der Waals surface area contributed by atoms with Crippen LogP contribution in [0.25, 0.3) is 0 Å². The summed E-state index contributed by atoms with van der Waals surface area (Å²) in [6.07, 6.45) is 1.83. The zero-order chi connectivity index (χ0) is 11.2. The molecule has 0 atom stereocenters. The van der Waals surface area contributed by atoms with Gasteiger partial charge in [0.1, 0.15) is 0 Å². The first-order valence-electron chi connectivity index (χ1n) is 4.90. The Morgan fingerprint density at radius 2 is 2.20 bits per heavy atom. The van der Waals surface area contributed by atoms with E-state index >= 15 is 0 Å². The molecule has 0 aromatic heterocycles. The summed E-state index contributed by atoms with van der Waals surface area (Å²) in [7, 11) is 0. The van der Waals surface area contributed by atoms with Crippen LogP contribution in [-0.4, -0.2) is 11.7 Å². The summed E-state index contributed by atoms with van der Waals surface area (Å²) in [6, 6.07) is 1.33. The third-order valence-electron chi connectivity index (χ3n) is 3.15. The summed E-state index contributed by atoms with van der Waals surface area (Å²) < 4.78 is 14.2. The van der Waals surface area contributed by atoms with Gasteiger partial charge in [-0.15, -0.1) is 0 Å². The van der Waals surface area contributed by atoms with Gasteiger partial charge in [0.2, 0.25) is 0 Å².